The van der Waals surface area contributed by atoms with Gasteiger partial charge in [-0.1, -0.05) is 42.3 Å². The molecule has 1 aliphatic rings. The Kier molecular flexibility index (Phi) is 6.33. The number of benzene rings is 1. The van der Waals surface area contributed by atoms with E-state index in [4.69, 9.17) is 23.2 Å². The lowest BCUT2D eigenvalue weighted by atomic mass is 9.96. The molecule has 0 saturated carbocycles. The minimum absolute atomic E-state index is 0.149. The highest BCUT2D eigenvalue weighted by atomic mass is 35.5. The first-order valence-corrected chi connectivity index (χ1v) is 8.30. The average molecular weight is 331 g/mol. The molecule has 21 heavy (non-hydrogen) atoms. The maximum absolute atomic E-state index is 9.79. The fraction of sp³-hybridized carbons (Fsp3) is 0.625. The maximum Gasteiger partial charge on any atom is 0.0640 e. The number of rotatable bonds is 5. The maximum atomic E-state index is 9.79. The van der Waals surface area contributed by atoms with E-state index in [1.54, 1.807) is 0 Å². The van der Waals surface area contributed by atoms with Crippen molar-refractivity contribution in [3.63, 3.8) is 0 Å². The summed E-state index contributed by atoms with van der Waals surface area (Å²) in [5, 5.41) is 14.4. The van der Waals surface area contributed by atoms with Gasteiger partial charge >= 0.3 is 0 Å². The molecule has 3 nitrogen and oxygen atoms in total. The van der Waals surface area contributed by atoms with Crippen molar-refractivity contribution in [2.24, 2.45) is 5.92 Å². The molecule has 3 atom stereocenters. The van der Waals surface area contributed by atoms with Crippen LogP contribution in [-0.2, 0) is 0 Å². The highest BCUT2D eigenvalue weighted by Crippen LogP contribution is 2.31. The van der Waals surface area contributed by atoms with E-state index in [2.05, 4.69) is 17.1 Å². The molecule has 1 saturated heterocycles. The Labute approximate surface area is 137 Å². The van der Waals surface area contributed by atoms with Crippen LogP contribution in [-0.4, -0.2) is 42.8 Å². The van der Waals surface area contributed by atoms with Crippen LogP contribution in [0.4, 0.5) is 0 Å². The fourth-order valence-electron chi connectivity index (χ4n) is 2.98. The van der Waals surface area contributed by atoms with Crippen molar-refractivity contribution in [1.82, 2.24) is 10.2 Å². The Morgan fingerprint density at radius 3 is 2.86 bits per heavy atom. The second kappa shape index (κ2) is 7.80. The number of nitrogens with one attached hydrogen (secondary N) is 1. The molecule has 1 aromatic rings. The first-order valence-electron chi connectivity index (χ1n) is 7.54. The van der Waals surface area contributed by atoms with Crippen molar-refractivity contribution in [1.29, 1.82) is 0 Å². The van der Waals surface area contributed by atoms with E-state index in [-0.39, 0.29) is 12.1 Å². The van der Waals surface area contributed by atoms with Gasteiger partial charge in [0.15, 0.2) is 0 Å². The zero-order chi connectivity index (χ0) is 15.4. The summed E-state index contributed by atoms with van der Waals surface area (Å²) in [5.74, 6) is 0.349. The number of piperidine rings is 1. The van der Waals surface area contributed by atoms with Crippen LogP contribution in [0.25, 0.3) is 0 Å². The van der Waals surface area contributed by atoms with Gasteiger partial charge in [-0.15, -0.1) is 0 Å². The van der Waals surface area contributed by atoms with E-state index in [0.29, 0.717) is 16.0 Å². The quantitative estimate of drug-likeness (QED) is 0.869. The second-order valence-electron chi connectivity index (χ2n) is 5.91. The predicted octanol–water partition coefficient (Wildman–Crippen LogP) is 3.35. The van der Waals surface area contributed by atoms with Crippen LogP contribution >= 0.6 is 23.2 Å². The first-order chi connectivity index (χ1) is 10.0. The predicted molar refractivity (Wildman–Crippen MR) is 89.1 cm³/mol. The van der Waals surface area contributed by atoms with E-state index >= 15 is 0 Å². The zero-order valence-corrected chi connectivity index (χ0v) is 14.2. The standard InChI is InChI=1S/C16H24Cl2N2O/c1-11-10-20(9-7-15(11)21)8-6-14(19-2)12-4-3-5-13(17)16(12)18/h3-5,11,14-15,19,21H,6-10H2,1-2H3. The lowest BCUT2D eigenvalue weighted by Gasteiger charge is -2.35. The van der Waals surface area contributed by atoms with Crippen LogP contribution in [0.1, 0.15) is 31.4 Å². The summed E-state index contributed by atoms with van der Waals surface area (Å²) < 4.78 is 0. The van der Waals surface area contributed by atoms with Crippen molar-refractivity contribution < 1.29 is 5.11 Å². The summed E-state index contributed by atoms with van der Waals surface area (Å²) in [6.07, 6.45) is 1.69. The van der Waals surface area contributed by atoms with Gasteiger partial charge in [0.2, 0.25) is 0 Å². The number of aliphatic hydroxyl groups excluding tert-OH is 1. The Hall–Kier alpha value is -0.320. The first kappa shape index (κ1) is 17.0. The third-order valence-electron chi connectivity index (χ3n) is 4.38. The van der Waals surface area contributed by atoms with Gasteiger partial charge in [-0.05, 0) is 44.0 Å². The molecule has 1 aromatic carbocycles. The summed E-state index contributed by atoms with van der Waals surface area (Å²) >= 11 is 12.4. The molecule has 3 unspecified atom stereocenters. The van der Waals surface area contributed by atoms with Gasteiger partial charge < -0.3 is 15.3 Å². The van der Waals surface area contributed by atoms with Crippen LogP contribution in [0.5, 0.6) is 0 Å². The molecular formula is C16H24Cl2N2O. The Bertz CT molecular complexity index is 470. The molecule has 0 aliphatic carbocycles. The molecule has 1 fully saturated rings. The monoisotopic (exact) mass is 330 g/mol. The molecule has 0 amide bonds. The number of likely N-dealkylation sites (tertiary alicyclic amines) is 1. The Balaban J connectivity index is 1.95. The largest absolute Gasteiger partial charge is 0.393 e. The minimum atomic E-state index is -0.149. The van der Waals surface area contributed by atoms with Gasteiger partial charge in [-0.25, -0.2) is 0 Å². The number of hydrogen-bond donors (Lipinski definition) is 2. The van der Waals surface area contributed by atoms with Gasteiger partial charge in [0.1, 0.15) is 0 Å². The molecule has 0 bridgehead atoms. The molecule has 0 spiro atoms. The highest BCUT2D eigenvalue weighted by Gasteiger charge is 2.24. The third-order valence-corrected chi connectivity index (χ3v) is 5.22. The molecule has 5 heteroatoms. The molecule has 2 rings (SSSR count). The normalized spacial score (nSPS) is 25.0. The average Bonchev–Trinajstić information content (AvgIpc) is 2.47. The zero-order valence-electron chi connectivity index (χ0n) is 12.6. The number of nitrogens with zero attached hydrogens (tertiary/aromatic N) is 1. The Morgan fingerprint density at radius 1 is 1.43 bits per heavy atom. The van der Waals surface area contributed by atoms with Crippen LogP contribution in [0.15, 0.2) is 18.2 Å². The molecule has 2 N–H and O–H groups in total. The fourth-order valence-corrected chi connectivity index (χ4v) is 3.42. The minimum Gasteiger partial charge on any atom is -0.393 e. The smallest absolute Gasteiger partial charge is 0.0640 e. The van der Waals surface area contributed by atoms with Crippen LogP contribution < -0.4 is 5.32 Å². The van der Waals surface area contributed by atoms with Crippen molar-refractivity contribution in [3.8, 4) is 0 Å². The van der Waals surface area contributed by atoms with E-state index in [9.17, 15) is 5.11 Å². The van der Waals surface area contributed by atoms with E-state index in [0.717, 1.165) is 38.0 Å². The van der Waals surface area contributed by atoms with Gasteiger partial charge in [-0.2, -0.15) is 0 Å². The van der Waals surface area contributed by atoms with Gasteiger partial charge in [0, 0.05) is 19.1 Å². The van der Waals surface area contributed by atoms with Crippen LogP contribution in [0.2, 0.25) is 10.0 Å². The van der Waals surface area contributed by atoms with Gasteiger partial charge in [0.05, 0.1) is 16.1 Å². The SMILES string of the molecule is CNC(CCN1CCC(O)C(C)C1)c1cccc(Cl)c1Cl. The summed E-state index contributed by atoms with van der Waals surface area (Å²) in [6.45, 7) is 5.03. The summed E-state index contributed by atoms with van der Waals surface area (Å²) in [5.41, 5.74) is 1.05. The molecule has 118 valence electrons. The van der Waals surface area contributed by atoms with Crippen LogP contribution in [0, 0.1) is 5.92 Å². The number of halogens is 2. The molecule has 0 aromatic heterocycles. The van der Waals surface area contributed by atoms with Gasteiger partial charge in [0.25, 0.3) is 0 Å². The molecule has 1 aliphatic heterocycles. The summed E-state index contributed by atoms with van der Waals surface area (Å²) in [7, 11) is 1.95. The topological polar surface area (TPSA) is 35.5 Å². The lowest BCUT2D eigenvalue weighted by Crippen LogP contribution is -2.42. The van der Waals surface area contributed by atoms with Crippen molar-refractivity contribution in [2.45, 2.75) is 31.9 Å². The van der Waals surface area contributed by atoms with E-state index in [1.165, 1.54) is 0 Å². The molecular weight excluding hydrogens is 307 g/mol. The Morgan fingerprint density at radius 2 is 2.19 bits per heavy atom. The van der Waals surface area contributed by atoms with Gasteiger partial charge in [-0.3, -0.25) is 0 Å². The number of aliphatic hydroxyl groups is 1. The van der Waals surface area contributed by atoms with E-state index in [1.807, 2.05) is 25.2 Å². The van der Waals surface area contributed by atoms with Crippen molar-refractivity contribution in [2.75, 3.05) is 26.7 Å². The highest BCUT2D eigenvalue weighted by molar-refractivity contribution is 6.42. The second-order valence-corrected chi connectivity index (χ2v) is 6.69. The lowest BCUT2D eigenvalue weighted by molar-refractivity contribution is 0.0338. The van der Waals surface area contributed by atoms with Crippen molar-refractivity contribution >= 4 is 23.2 Å². The summed E-state index contributed by atoms with van der Waals surface area (Å²) in [6, 6.07) is 5.97. The summed E-state index contributed by atoms with van der Waals surface area (Å²) in [4.78, 5) is 2.42. The van der Waals surface area contributed by atoms with Crippen molar-refractivity contribution in [3.05, 3.63) is 33.8 Å². The molecule has 0 radical (unpaired) electrons. The van der Waals surface area contributed by atoms with Crippen LogP contribution in [0.3, 0.4) is 0 Å². The third kappa shape index (κ3) is 4.33. The van der Waals surface area contributed by atoms with E-state index < -0.39 is 0 Å². The number of hydrogen-bond acceptors (Lipinski definition) is 3. The molecule has 1 heterocycles.